The van der Waals surface area contributed by atoms with Crippen LogP contribution >= 0.6 is 0 Å². The molecule has 6 heteroatoms. The van der Waals surface area contributed by atoms with Crippen LogP contribution in [-0.4, -0.2) is 22.8 Å². The molecule has 0 bridgehead atoms. The quantitative estimate of drug-likeness (QED) is 0.712. The first-order chi connectivity index (χ1) is 12.6. The summed E-state index contributed by atoms with van der Waals surface area (Å²) in [6, 6.07) is 13.0. The predicted molar refractivity (Wildman–Crippen MR) is 99.4 cm³/mol. The van der Waals surface area contributed by atoms with Crippen LogP contribution in [0, 0.1) is 13.8 Å². The zero-order valence-electron chi connectivity index (χ0n) is 15.1. The van der Waals surface area contributed by atoms with Gasteiger partial charge in [0.15, 0.2) is 5.69 Å². The van der Waals surface area contributed by atoms with Crippen LogP contribution in [-0.2, 0) is 0 Å². The van der Waals surface area contributed by atoms with Crippen molar-refractivity contribution in [2.24, 2.45) is 0 Å². The summed E-state index contributed by atoms with van der Waals surface area (Å²) in [5.41, 5.74) is 4.07. The van der Waals surface area contributed by atoms with Crippen LogP contribution < -0.4 is 10.1 Å². The zero-order chi connectivity index (χ0) is 18.5. The van der Waals surface area contributed by atoms with Gasteiger partial charge >= 0.3 is 0 Å². The van der Waals surface area contributed by atoms with E-state index in [0.29, 0.717) is 23.6 Å². The van der Waals surface area contributed by atoms with Gasteiger partial charge in [0.25, 0.3) is 5.91 Å². The lowest BCUT2D eigenvalue weighted by Crippen LogP contribution is -2.14. The van der Waals surface area contributed by atoms with Gasteiger partial charge in [0.2, 0.25) is 5.82 Å². The summed E-state index contributed by atoms with van der Waals surface area (Å²) in [5, 5.41) is 10.6. The maximum absolute atomic E-state index is 12.7. The van der Waals surface area contributed by atoms with E-state index >= 15 is 0 Å². The summed E-state index contributed by atoms with van der Waals surface area (Å²) in [4.78, 5) is 12.7. The number of amides is 1. The monoisotopic (exact) mass is 351 g/mol. The molecule has 0 aliphatic heterocycles. The summed E-state index contributed by atoms with van der Waals surface area (Å²) in [6.45, 7) is 6.62. The number of nitrogens with zero attached hydrogens (tertiary/aromatic N) is 2. The van der Waals surface area contributed by atoms with Crippen molar-refractivity contribution in [3.8, 4) is 17.0 Å². The lowest BCUT2D eigenvalue weighted by molar-refractivity contribution is 0.102. The first-order valence-electron chi connectivity index (χ1n) is 8.53. The van der Waals surface area contributed by atoms with Gasteiger partial charge in [0.05, 0.1) is 12.2 Å². The van der Waals surface area contributed by atoms with Crippen molar-refractivity contribution in [3.05, 3.63) is 59.2 Å². The highest BCUT2D eigenvalue weighted by Crippen LogP contribution is 2.27. The molecule has 1 heterocycles. The molecule has 0 spiro atoms. The molecule has 0 atom stereocenters. The number of aromatic nitrogens is 2. The van der Waals surface area contributed by atoms with Gasteiger partial charge in [-0.15, -0.1) is 0 Å². The van der Waals surface area contributed by atoms with E-state index in [1.165, 1.54) is 5.56 Å². The van der Waals surface area contributed by atoms with Crippen molar-refractivity contribution >= 4 is 11.7 Å². The van der Waals surface area contributed by atoms with Crippen molar-refractivity contribution in [2.45, 2.75) is 27.2 Å². The Kier molecular flexibility index (Phi) is 5.31. The number of rotatable bonds is 6. The fourth-order valence-electron chi connectivity index (χ4n) is 2.52. The minimum Gasteiger partial charge on any atom is -0.493 e. The number of hydrogen-bond donors (Lipinski definition) is 1. The fourth-order valence-corrected chi connectivity index (χ4v) is 2.52. The largest absolute Gasteiger partial charge is 0.493 e. The van der Waals surface area contributed by atoms with Crippen molar-refractivity contribution in [3.63, 3.8) is 0 Å². The second-order valence-corrected chi connectivity index (χ2v) is 6.06. The van der Waals surface area contributed by atoms with Gasteiger partial charge in [0.1, 0.15) is 5.75 Å². The number of nitrogens with one attached hydrogen (secondary N) is 1. The van der Waals surface area contributed by atoms with Gasteiger partial charge in [-0.25, -0.2) is 4.63 Å². The lowest BCUT2D eigenvalue weighted by Gasteiger charge is -2.10. The van der Waals surface area contributed by atoms with Crippen LogP contribution in [0.25, 0.3) is 11.3 Å². The Labute approximate surface area is 152 Å². The molecule has 1 aromatic heterocycles. The summed E-state index contributed by atoms with van der Waals surface area (Å²) in [5.74, 6) is 0.497. The second kappa shape index (κ2) is 7.82. The van der Waals surface area contributed by atoms with E-state index in [-0.39, 0.29) is 11.7 Å². The number of carbonyl (C=O) groups is 1. The van der Waals surface area contributed by atoms with Crippen LogP contribution in [0.1, 0.15) is 34.8 Å². The number of hydrogen-bond acceptors (Lipinski definition) is 5. The van der Waals surface area contributed by atoms with E-state index in [4.69, 9.17) is 9.37 Å². The Morgan fingerprint density at radius 1 is 1.12 bits per heavy atom. The number of carbonyl (C=O) groups excluding carboxylic acids is 1. The fraction of sp³-hybridized carbons (Fsp3) is 0.250. The van der Waals surface area contributed by atoms with E-state index in [9.17, 15) is 4.79 Å². The first kappa shape index (κ1) is 17.7. The highest BCUT2D eigenvalue weighted by molar-refractivity contribution is 6.07. The van der Waals surface area contributed by atoms with Crippen LogP contribution in [0.15, 0.2) is 47.1 Å². The molecule has 0 fully saturated rings. The molecular formula is C20H21N3O3. The molecule has 0 saturated heterocycles. The molecule has 0 aliphatic carbocycles. The number of ether oxygens (including phenoxy) is 1. The van der Waals surface area contributed by atoms with Gasteiger partial charge in [0, 0.05) is 5.56 Å². The highest BCUT2D eigenvalue weighted by Gasteiger charge is 2.18. The average Bonchev–Trinajstić information content (AvgIpc) is 3.10. The Hall–Kier alpha value is -3.15. The molecule has 1 amide bonds. The molecule has 0 unspecified atom stereocenters. The van der Waals surface area contributed by atoms with E-state index < -0.39 is 0 Å². The van der Waals surface area contributed by atoms with Gasteiger partial charge < -0.3 is 10.1 Å². The zero-order valence-corrected chi connectivity index (χ0v) is 15.1. The van der Waals surface area contributed by atoms with Crippen LogP contribution in [0.3, 0.4) is 0 Å². The summed E-state index contributed by atoms with van der Waals surface area (Å²) in [7, 11) is 0. The van der Waals surface area contributed by atoms with Crippen molar-refractivity contribution in [2.75, 3.05) is 11.9 Å². The maximum atomic E-state index is 12.7. The van der Waals surface area contributed by atoms with Crippen LogP contribution in [0.4, 0.5) is 5.82 Å². The SMILES string of the molecule is CCCOc1ccccc1C(=O)Nc1nonc1-c1ccc(C)c(C)c1. The molecule has 2 aromatic carbocycles. The van der Waals surface area contributed by atoms with Crippen molar-refractivity contribution in [1.29, 1.82) is 0 Å². The molecule has 3 rings (SSSR count). The minimum absolute atomic E-state index is 0.281. The van der Waals surface area contributed by atoms with E-state index in [1.807, 2.05) is 45.0 Å². The minimum atomic E-state index is -0.322. The number of para-hydroxylation sites is 1. The Morgan fingerprint density at radius 3 is 2.69 bits per heavy atom. The molecule has 0 radical (unpaired) electrons. The Morgan fingerprint density at radius 2 is 1.92 bits per heavy atom. The number of anilines is 1. The normalized spacial score (nSPS) is 10.6. The van der Waals surface area contributed by atoms with Gasteiger partial charge in [-0.3, -0.25) is 4.79 Å². The average molecular weight is 351 g/mol. The molecule has 0 saturated carbocycles. The van der Waals surface area contributed by atoms with Crippen LogP contribution in [0.2, 0.25) is 0 Å². The van der Waals surface area contributed by atoms with Crippen molar-refractivity contribution in [1.82, 2.24) is 10.3 Å². The number of benzene rings is 2. The first-order valence-corrected chi connectivity index (χ1v) is 8.53. The molecule has 26 heavy (non-hydrogen) atoms. The van der Waals surface area contributed by atoms with E-state index in [2.05, 4.69) is 15.6 Å². The third kappa shape index (κ3) is 3.74. The van der Waals surface area contributed by atoms with Crippen molar-refractivity contribution < 1.29 is 14.2 Å². The van der Waals surface area contributed by atoms with Gasteiger partial charge in [-0.2, -0.15) is 0 Å². The summed E-state index contributed by atoms with van der Waals surface area (Å²) in [6.07, 6.45) is 0.861. The second-order valence-electron chi connectivity index (χ2n) is 6.06. The van der Waals surface area contributed by atoms with Gasteiger partial charge in [-0.1, -0.05) is 31.2 Å². The molecule has 1 N–H and O–H groups in total. The van der Waals surface area contributed by atoms with E-state index in [1.54, 1.807) is 18.2 Å². The third-order valence-corrected chi connectivity index (χ3v) is 4.09. The molecule has 0 aliphatic rings. The maximum Gasteiger partial charge on any atom is 0.260 e. The molecular weight excluding hydrogens is 330 g/mol. The Balaban J connectivity index is 1.86. The Bertz CT molecular complexity index is 918. The third-order valence-electron chi connectivity index (χ3n) is 4.09. The topological polar surface area (TPSA) is 77.2 Å². The summed E-state index contributed by atoms with van der Waals surface area (Å²) >= 11 is 0. The lowest BCUT2D eigenvalue weighted by atomic mass is 10.0. The van der Waals surface area contributed by atoms with Crippen LogP contribution in [0.5, 0.6) is 5.75 Å². The predicted octanol–water partition coefficient (Wildman–Crippen LogP) is 4.39. The molecule has 134 valence electrons. The molecule has 3 aromatic rings. The highest BCUT2D eigenvalue weighted by atomic mass is 16.6. The smallest absolute Gasteiger partial charge is 0.260 e. The number of aryl methyl sites for hydroxylation is 2. The van der Waals surface area contributed by atoms with Gasteiger partial charge in [-0.05, 0) is 59.9 Å². The standard InChI is InChI=1S/C20H21N3O3/c1-4-11-25-17-8-6-5-7-16(17)20(24)21-19-18(22-26-23-19)15-10-9-13(2)14(3)12-15/h5-10,12H,4,11H2,1-3H3,(H,21,23,24). The molecule has 6 nitrogen and oxygen atoms in total. The summed E-state index contributed by atoms with van der Waals surface area (Å²) < 4.78 is 10.5. The van der Waals surface area contributed by atoms with E-state index in [0.717, 1.165) is 17.5 Å².